The summed E-state index contributed by atoms with van der Waals surface area (Å²) in [7, 11) is 0. The third kappa shape index (κ3) is 2.58. The topological polar surface area (TPSA) is 43.1 Å². The van der Waals surface area contributed by atoms with Gasteiger partial charge in [0.05, 0.1) is 0 Å². The molecule has 1 atom stereocenters. The average molecular weight is 181 g/mol. The molecule has 1 amide bonds. The van der Waals surface area contributed by atoms with E-state index in [1.165, 1.54) is 12.8 Å². The fourth-order valence-corrected chi connectivity index (χ4v) is 1.94. The Morgan fingerprint density at radius 3 is 2.62 bits per heavy atom. The zero-order chi connectivity index (χ0) is 9.90. The minimum Gasteiger partial charge on any atom is -0.370 e. The van der Waals surface area contributed by atoms with Gasteiger partial charge in [0.25, 0.3) is 0 Å². The Kier molecular flexibility index (Phi) is 3.12. The number of amides is 1. The van der Waals surface area contributed by atoms with Gasteiger partial charge in [-0.05, 0) is 37.5 Å². The van der Waals surface area contributed by atoms with E-state index in [-0.39, 0.29) is 11.3 Å². The monoisotopic (exact) mass is 181 g/mol. The molecule has 1 aliphatic carbocycles. The fraction of sp³-hybridized carbons (Fsp3) is 0.727. The molecule has 0 bridgehead atoms. The molecular weight excluding hydrogens is 162 g/mol. The van der Waals surface area contributed by atoms with E-state index in [2.05, 4.69) is 19.1 Å². The smallest absolute Gasteiger partial charge is 0.217 e. The van der Waals surface area contributed by atoms with Crippen molar-refractivity contribution >= 4 is 5.91 Å². The van der Waals surface area contributed by atoms with Gasteiger partial charge in [-0.2, -0.15) is 0 Å². The van der Waals surface area contributed by atoms with Gasteiger partial charge in [0.1, 0.15) is 0 Å². The van der Waals surface area contributed by atoms with Crippen molar-refractivity contribution in [3.8, 4) is 0 Å². The lowest BCUT2D eigenvalue weighted by atomic mass is 9.85. The van der Waals surface area contributed by atoms with Crippen LogP contribution in [0.1, 0.15) is 39.5 Å². The van der Waals surface area contributed by atoms with Crippen LogP contribution in [0.3, 0.4) is 0 Å². The summed E-state index contributed by atoms with van der Waals surface area (Å²) < 4.78 is 0. The van der Waals surface area contributed by atoms with Crippen LogP contribution in [-0.2, 0) is 4.79 Å². The normalized spacial score (nSPS) is 21.7. The van der Waals surface area contributed by atoms with E-state index < -0.39 is 0 Å². The van der Waals surface area contributed by atoms with Crippen molar-refractivity contribution in [1.82, 2.24) is 0 Å². The quantitative estimate of drug-likeness (QED) is 0.649. The molecule has 0 aromatic heterocycles. The van der Waals surface area contributed by atoms with Crippen molar-refractivity contribution in [2.75, 3.05) is 0 Å². The van der Waals surface area contributed by atoms with Gasteiger partial charge in [-0.15, -0.1) is 0 Å². The minimum atomic E-state index is -0.148. The maximum Gasteiger partial charge on any atom is 0.217 e. The Labute approximate surface area is 80.2 Å². The van der Waals surface area contributed by atoms with Crippen LogP contribution in [0, 0.1) is 11.3 Å². The Morgan fingerprint density at radius 2 is 2.23 bits per heavy atom. The predicted octanol–water partition coefficient (Wildman–Crippen LogP) is 2.24. The molecule has 1 saturated carbocycles. The Bertz CT molecular complexity index is 216. The Balaban J connectivity index is 2.44. The van der Waals surface area contributed by atoms with Gasteiger partial charge in [-0.1, -0.05) is 19.1 Å². The van der Waals surface area contributed by atoms with Crippen molar-refractivity contribution in [3.63, 3.8) is 0 Å². The molecule has 0 aliphatic heterocycles. The fourth-order valence-electron chi connectivity index (χ4n) is 1.94. The highest BCUT2D eigenvalue weighted by atomic mass is 16.1. The summed E-state index contributed by atoms with van der Waals surface area (Å²) in [6, 6.07) is 0. The first-order valence-electron chi connectivity index (χ1n) is 5.00. The number of carbonyl (C=O) groups excluding carboxylic acids is 1. The maximum absolute atomic E-state index is 10.8. The molecule has 2 heteroatoms. The molecule has 0 spiro atoms. The van der Waals surface area contributed by atoms with Crippen molar-refractivity contribution in [2.24, 2.45) is 17.1 Å². The van der Waals surface area contributed by atoms with Crippen LogP contribution in [0.4, 0.5) is 0 Å². The van der Waals surface area contributed by atoms with Crippen LogP contribution < -0.4 is 5.73 Å². The van der Waals surface area contributed by atoms with Gasteiger partial charge in [0, 0.05) is 6.42 Å². The molecule has 2 N–H and O–H groups in total. The number of rotatable bonds is 5. The van der Waals surface area contributed by atoms with Gasteiger partial charge >= 0.3 is 0 Å². The van der Waals surface area contributed by atoms with Crippen molar-refractivity contribution in [1.29, 1.82) is 0 Å². The lowest BCUT2D eigenvalue weighted by Crippen LogP contribution is -2.22. The zero-order valence-corrected chi connectivity index (χ0v) is 8.55. The Morgan fingerprint density at radius 1 is 1.62 bits per heavy atom. The molecule has 1 aliphatic rings. The molecule has 1 rings (SSSR count). The van der Waals surface area contributed by atoms with Crippen LogP contribution >= 0.6 is 0 Å². The predicted molar refractivity (Wildman–Crippen MR) is 54.1 cm³/mol. The summed E-state index contributed by atoms with van der Waals surface area (Å²) in [6.07, 6.45) is 8.24. The first-order valence-corrected chi connectivity index (χ1v) is 5.00. The summed E-state index contributed by atoms with van der Waals surface area (Å²) in [6.45, 7) is 4.25. The second-order valence-corrected chi connectivity index (χ2v) is 4.21. The lowest BCUT2D eigenvalue weighted by molar-refractivity contribution is -0.119. The molecular formula is C11H19NO. The molecule has 0 aromatic carbocycles. The minimum absolute atomic E-state index is 0.148. The van der Waals surface area contributed by atoms with Gasteiger partial charge < -0.3 is 5.73 Å². The summed E-state index contributed by atoms with van der Waals surface area (Å²) in [5.74, 6) is 0.445. The zero-order valence-electron chi connectivity index (χ0n) is 8.55. The average Bonchev–Trinajstić information content (AvgIpc) is 2.80. The molecule has 0 heterocycles. The lowest BCUT2D eigenvalue weighted by Gasteiger charge is -2.20. The van der Waals surface area contributed by atoms with Crippen LogP contribution in [-0.4, -0.2) is 5.91 Å². The first-order chi connectivity index (χ1) is 6.10. The number of carbonyl (C=O) groups is 1. The highest BCUT2D eigenvalue weighted by molar-refractivity contribution is 5.75. The summed E-state index contributed by atoms with van der Waals surface area (Å²) in [5, 5.41) is 0. The van der Waals surface area contributed by atoms with Gasteiger partial charge in [0.2, 0.25) is 5.91 Å². The molecule has 0 unspecified atom stereocenters. The van der Waals surface area contributed by atoms with Gasteiger partial charge in [-0.3, -0.25) is 4.79 Å². The van der Waals surface area contributed by atoms with Crippen molar-refractivity contribution in [2.45, 2.75) is 39.5 Å². The van der Waals surface area contributed by atoms with Crippen LogP contribution in [0.25, 0.3) is 0 Å². The summed E-state index contributed by atoms with van der Waals surface area (Å²) in [4.78, 5) is 10.8. The highest BCUT2D eigenvalue weighted by Crippen LogP contribution is 2.55. The van der Waals surface area contributed by atoms with Crippen LogP contribution in [0.2, 0.25) is 0 Å². The number of nitrogens with two attached hydrogens (primary N) is 1. The van der Waals surface area contributed by atoms with Gasteiger partial charge in [0.15, 0.2) is 0 Å². The van der Waals surface area contributed by atoms with Crippen molar-refractivity contribution < 1.29 is 4.79 Å². The van der Waals surface area contributed by atoms with Crippen LogP contribution in [0.15, 0.2) is 12.2 Å². The molecule has 2 nitrogen and oxygen atoms in total. The molecule has 0 aromatic rings. The van der Waals surface area contributed by atoms with Crippen LogP contribution in [0.5, 0.6) is 0 Å². The third-order valence-corrected chi connectivity index (χ3v) is 3.19. The van der Waals surface area contributed by atoms with E-state index in [1.54, 1.807) is 0 Å². The first kappa shape index (κ1) is 10.3. The molecule has 1 fully saturated rings. The number of hydrogen-bond acceptors (Lipinski definition) is 1. The van der Waals surface area contributed by atoms with Gasteiger partial charge in [-0.25, -0.2) is 0 Å². The highest BCUT2D eigenvalue weighted by Gasteiger charge is 2.47. The molecule has 13 heavy (non-hydrogen) atoms. The number of allylic oxidation sites excluding steroid dienone is 2. The van der Waals surface area contributed by atoms with E-state index in [0.29, 0.717) is 12.3 Å². The SMILES string of the molecule is C/C=C/C[C@@H](C)C1(CC(N)=O)CC1. The standard InChI is InChI=1S/C11H19NO/c1-3-4-5-9(2)11(6-7-11)8-10(12)13/h3-4,9H,5-8H2,1-2H3,(H2,12,13)/b4-3+/t9-/m1/s1. The van der Waals surface area contributed by atoms with E-state index in [9.17, 15) is 4.79 Å². The summed E-state index contributed by atoms with van der Waals surface area (Å²) >= 11 is 0. The second-order valence-electron chi connectivity index (χ2n) is 4.21. The van der Waals surface area contributed by atoms with Crippen molar-refractivity contribution in [3.05, 3.63) is 12.2 Å². The summed E-state index contributed by atoms with van der Waals surface area (Å²) in [5.41, 5.74) is 5.48. The molecule has 0 radical (unpaired) electrons. The number of primary amides is 1. The molecule has 74 valence electrons. The van der Waals surface area contributed by atoms with E-state index in [1.807, 2.05) is 6.92 Å². The second kappa shape index (κ2) is 3.95. The molecule has 0 saturated heterocycles. The maximum atomic E-state index is 10.8. The Hall–Kier alpha value is -0.790. The third-order valence-electron chi connectivity index (χ3n) is 3.19. The van der Waals surface area contributed by atoms with E-state index in [0.717, 1.165) is 6.42 Å². The largest absolute Gasteiger partial charge is 0.370 e. The number of hydrogen-bond donors (Lipinski definition) is 1. The van der Waals surface area contributed by atoms with E-state index in [4.69, 9.17) is 5.73 Å². The van der Waals surface area contributed by atoms with E-state index >= 15 is 0 Å².